The first-order chi connectivity index (χ1) is 9.86. The molecule has 2 rings (SSSR count). The predicted octanol–water partition coefficient (Wildman–Crippen LogP) is 2.29. The number of H-pyrrole nitrogens is 1. The summed E-state index contributed by atoms with van der Waals surface area (Å²) in [4.78, 5) is 25.1. The molecular weight excluding hydrogens is 289 g/mol. The molecule has 116 valence electrons. The maximum absolute atomic E-state index is 12.5. The van der Waals surface area contributed by atoms with E-state index in [1.165, 1.54) is 0 Å². The molecule has 0 unspecified atom stereocenters. The molecule has 1 amide bonds. The fourth-order valence-corrected chi connectivity index (χ4v) is 2.12. The minimum absolute atomic E-state index is 0.00976. The van der Waals surface area contributed by atoms with E-state index in [4.69, 9.17) is 4.74 Å². The Balaban J connectivity index is 1.97. The van der Waals surface area contributed by atoms with Gasteiger partial charge in [-0.3, -0.25) is 9.59 Å². The third kappa shape index (κ3) is 4.32. The smallest absolute Gasteiger partial charge is 0.378 e. The molecule has 0 saturated carbocycles. The Labute approximate surface area is 118 Å². The Morgan fingerprint density at radius 2 is 2.24 bits per heavy atom. The zero-order valence-corrected chi connectivity index (χ0v) is 11.1. The third-order valence-corrected chi connectivity index (χ3v) is 3.22. The van der Waals surface area contributed by atoms with Crippen molar-refractivity contribution >= 4 is 11.6 Å². The Morgan fingerprint density at radius 3 is 2.86 bits per heavy atom. The molecule has 1 aromatic heterocycles. The van der Waals surface area contributed by atoms with Gasteiger partial charge < -0.3 is 15.0 Å². The van der Waals surface area contributed by atoms with Gasteiger partial charge in [0.1, 0.15) is 5.69 Å². The molecule has 2 N–H and O–H groups in total. The fraction of sp³-hybridized carbons (Fsp3) is 0.538. The van der Waals surface area contributed by atoms with Crippen molar-refractivity contribution in [1.82, 2.24) is 4.98 Å². The lowest BCUT2D eigenvalue weighted by Crippen LogP contribution is -2.22. The number of aromatic amines is 1. The zero-order chi connectivity index (χ0) is 15.5. The van der Waals surface area contributed by atoms with Crippen LogP contribution in [0.15, 0.2) is 17.1 Å². The van der Waals surface area contributed by atoms with E-state index in [-0.39, 0.29) is 12.5 Å². The second-order valence-corrected chi connectivity index (χ2v) is 4.85. The monoisotopic (exact) mass is 304 g/mol. The molecule has 1 atom stereocenters. The van der Waals surface area contributed by atoms with Gasteiger partial charge in [0.05, 0.1) is 11.7 Å². The number of nitrogens with one attached hydrogen (secondary N) is 2. The average molecular weight is 304 g/mol. The van der Waals surface area contributed by atoms with Crippen molar-refractivity contribution < 1.29 is 22.7 Å². The van der Waals surface area contributed by atoms with Gasteiger partial charge in [-0.1, -0.05) is 0 Å². The number of ether oxygens (including phenoxy) is 1. The molecule has 1 aliphatic heterocycles. The van der Waals surface area contributed by atoms with Gasteiger partial charge in [-0.2, -0.15) is 13.2 Å². The molecule has 1 aromatic rings. The van der Waals surface area contributed by atoms with Crippen LogP contribution < -0.4 is 10.9 Å². The number of rotatable bonds is 4. The second kappa shape index (κ2) is 6.30. The van der Waals surface area contributed by atoms with Crippen LogP contribution in [-0.2, 0) is 15.7 Å². The van der Waals surface area contributed by atoms with Gasteiger partial charge in [0.15, 0.2) is 0 Å². The lowest BCUT2D eigenvalue weighted by Gasteiger charge is -2.10. The van der Waals surface area contributed by atoms with E-state index in [1.807, 2.05) is 4.98 Å². The summed E-state index contributed by atoms with van der Waals surface area (Å²) in [5.74, 6) is -0.504. The molecule has 8 heteroatoms. The highest BCUT2D eigenvalue weighted by Gasteiger charge is 2.31. The highest BCUT2D eigenvalue weighted by molar-refractivity contribution is 5.90. The Kier molecular flexibility index (Phi) is 4.66. The Morgan fingerprint density at radius 1 is 1.48 bits per heavy atom. The van der Waals surface area contributed by atoms with Crippen molar-refractivity contribution in [2.75, 3.05) is 11.9 Å². The maximum atomic E-state index is 12.5. The lowest BCUT2D eigenvalue weighted by molar-refractivity contribution is -0.137. The zero-order valence-electron chi connectivity index (χ0n) is 11.1. The van der Waals surface area contributed by atoms with Crippen molar-refractivity contribution in [2.45, 2.75) is 38.0 Å². The number of pyridine rings is 1. The van der Waals surface area contributed by atoms with Crippen molar-refractivity contribution in [3.8, 4) is 0 Å². The van der Waals surface area contributed by atoms with Crippen molar-refractivity contribution in [3.05, 3.63) is 28.2 Å². The van der Waals surface area contributed by atoms with Crippen LogP contribution in [0.3, 0.4) is 0 Å². The second-order valence-electron chi connectivity index (χ2n) is 4.85. The van der Waals surface area contributed by atoms with Gasteiger partial charge in [-0.05, 0) is 25.3 Å². The highest BCUT2D eigenvalue weighted by Crippen LogP contribution is 2.29. The first-order valence-electron chi connectivity index (χ1n) is 6.57. The number of anilines is 1. The van der Waals surface area contributed by atoms with Gasteiger partial charge in [0.25, 0.3) is 5.56 Å². The van der Waals surface area contributed by atoms with E-state index in [2.05, 4.69) is 5.32 Å². The van der Waals surface area contributed by atoms with Crippen molar-refractivity contribution in [3.63, 3.8) is 0 Å². The number of alkyl halides is 3. The molecule has 0 bridgehead atoms. The number of halogens is 3. The van der Waals surface area contributed by atoms with Crippen LogP contribution in [0.5, 0.6) is 0 Å². The number of amides is 1. The lowest BCUT2D eigenvalue weighted by atomic mass is 10.1. The molecule has 5 nitrogen and oxygen atoms in total. The minimum atomic E-state index is -4.58. The van der Waals surface area contributed by atoms with Crippen LogP contribution in [-0.4, -0.2) is 23.6 Å². The van der Waals surface area contributed by atoms with E-state index in [1.54, 1.807) is 0 Å². The molecule has 1 saturated heterocycles. The van der Waals surface area contributed by atoms with E-state index in [9.17, 15) is 22.8 Å². The molecule has 1 fully saturated rings. The first-order valence-corrected chi connectivity index (χ1v) is 6.57. The summed E-state index contributed by atoms with van der Waals surface area (Å²) in [7, 11) is 0. The summed E-state index contributed by atoms with van der Waals surface area (Å²) in [5, 5.41) is 2.21. The molecule has 1 aliphatic rings. The Hall–Kier alpha value is -1.83. The molecule has 0 aliphatic carbocycles. The van der Waals surface area contributed by atoms with Crippen LogP contribution in [0.2, 0.25) is 0 Å². The molecule has 21 heavy (non-hydrogen) atoms. The minimum Gasteiger partial charge on any atom is -0.378 e. The van der Waals surface area contributed by atoms with E-state index in [0.29, 0.717) is 25.3 Å². The standard InChI is InChI=1S/C13H15F3N2O3/c14-13(15,16)8-6-10(12(20)17-7-8)18-11(19)4-3-9-2-1-5-21-9/h6-7,9H,1-5H2,(H,17,20)(H,18,19)/t9-/m1/s1. The topological polar surface area (TPSA) is 71.2 Å². The molecule has 0 radical (unpaired) electrons. The summed E-state index contributed by atoms with van der Waals surface area (Å²) < 4.78 is 43.0. The van der Waals surface area contributed by atoms with Gasteiger partial charge in [-0.15, -0.1) is 0 Å². The highest BCUT2D eigenvalue weighted by atomic mass is 19.4. The van der Waals surface area contributed by atoms with Crippen molar-refractivity contribution in [2.24, 2.45) is 0 Å². The maximum Gasteiger partial charge on any atom is 0.417 e. The number of carbonyl (C=O) groups excluding carboxylic acids is 1. The fourth-order valence-electron chi connectivity index (χ4n) is 2.12. The number of carbonyl (C=O) groups is 1. The van der Waals surface area contributed by atoms with E-state index < -0.39 is 28.9 Å². The summed E-state index contributed by atoms with van der Waals surface area (Å²) in [6.45, 7) is 0.666. The van der Waals surface area contributed by atoms with Gasteiger partial charge >= 0.3 is 6.18 Å². The number of hydrogen-bond acceptors (Lipinski definition) is 3. The van der Waals surface area contributed by atoms with Crippen LogP contribution in [0.25, 0.3) is 0 Å². The van der Waals surface area contributed by atoms with Crippen molar-refractivity contribution in [1.29, 1.82) is 0 Å². The normalized spacial score (nSPS) is 18.7. The Bertz CT molecular complexity index is 563. The molecule has 0 spiro atoms. The predicted molar refractivity (Wildman–Crippen MR) is 68.9 cm³/mol. The van der Waals surface area contributed by atoms with Gasteiger partial charge in [0, 0.05) is 19.2 Å². The van der Waals surface area contributed by atoms with Crippen LogP contribution in [0.4, 0.5) is 18.9 Å². The third-order valence-electron chi connectivity index (χ3n) is 3.22. The van der Waals surface area contributed by atoms with Crippen LogP contribution >= 0.6 is 0 Å². The van der Waals surface area contributed by atoms with Crippen LogP contribution in [0, 0.1) is 0 Å². The van der Waals surface area contributed by atoms with Gasteiger partial charge in [0.2, 0.25) is 5.91 Å². The average Bonchev–Trinajstić information content (AvgIpc) is 2.91. The molecular formula is C13H15F3N2O3. The first kappa shape index (κ1) is 15.6. The van der Waals surface area contributed by atoms with E-state index in [0.717, 1.165) is 12.8 Å². The molecule has 0 aromatic carbocycles. The number of hydrogen-bond donors (Lipinski definition) is 2. The van der Waals surface area contributed by atoms with Crippen LogP contribution in [0.1, 0.15) is 31.2 Å². The summed E-state index contributed by atoms with van der Waals surface area (Å²) in [6.07, 6.45) is -1.60. The number of aromatic nitrogens is 1. The largest absolute Gasteiger partial charge is 0.417 e. The van der Waals surface area contributed by atoms with Gasteiger partial charge in [-0.25, -0.2) is 0 Å². The quantitative estimate of drug-likeness (QED) is 0.896. The summed E-state index contributed by atoms with van der Waals surface area (Å²) in [5.41, 5.74) is -2.19. The SMILES string of the molecule is O=C(CC[C@H]1CCCO1)Nc1cc(C(F)(F)F)c[nH]c1=O. The molecule has 2 heterocycles. The van der Waals surface area contributed by atoms with E-state index >= 15 is 0 Å². The summed E-state index contributed by atoms with van der Waals surface area (Å²) >= 11 is 0. The summed E-state index contributed by atoms with van der Waals surface area (Å²) in [6, 6.07) is 0.628.